The van der Waals surface area contributed by atoms with Gasteiger partial charge in [-0.25, -0.2) is 0 Å². The van der Waals surface area contributed by atoms with E-state index in [1.54, 1.807) is 0 Å². The number of ether oxygens (including phenoxy) is 1. The van der Waals surface area contributed by atoms with Gasteiger partial charge in [0.1, 0.15) is 6.61 Å². The number of nitrogens with zero attached hydrogens (tertiary/aromatic N) is 1. The molecule has 0 aliphatic carbocycles. The average Bonchev–Trinajstić information content (AvgIpc) is 2.41. The summed E-state index contributed by atoms with van der Waals surface area (Å²) in [5.41, 5.74) is 0.917. The molecule has 1 aliphatic heterocycles. The molecule has 46 valence electrons. The standard InChI is InChI=1S/C5H9NO2/c1-4(2)6-8-5-3-7-5/h5H,3H2,1-2H3. The van der Waals surface area contributed by atoms with Crippen molar-refractivity contribution in [3.8, 4) is 0 Å². The van der Waals surface area contributed by atoms with Gasteiger partial charge in [0.15, 0.2) is 0 Å². The molecule has 3 nitrogen and oxygen atoms in total. The molecule has 0 aromatic carbocycles. The van der Waals surface area contributed by atoms with Crippen LogP contribution in [0.4, 0.5) is 0 Å². The van der Waals surface area contributed by atoms with Crippen LogP contribution in [-0.2, 0) is 9.57 Å². The van der Waals surface area contributed by atoms with Crippen molar-refractivity contribution < 1.29 is 9.57 Å². The largest absolute Gasteiger partial charge is 0.361 e. The number of oxime groups is 1. The quantitative estimate of drug-likeness (QED) is 0.302. The summed E-state index contributed by atoms with van der Waals surface area (Å²) < 4.78 is 4.73. The molecule has 1 saturated heterocycles. The predicted molar refractivity (Wildman–Crippen MR) is 29.6 cm³/mol. The number of rotatable bonds is 2. The second kappa shape index (κ2) is 2.13. The fraction of sp³-hybridized carbons (Fsp3) is 0.800. The Morgan fingerprint density at radius 2 is 2.38 bits per heavy atom. The first kappa shape index (κ1) is 5.56. The molecule has 1 aliphatic rings. The van der Waals surface area contributed by atoms with Crippen LogP contribution in [0.25, 0.3) is 0 Å². The van der Waals surface area contributed by atoms with Crippen LogP contribution in [0.2, 0.25) is 0 Å². The maximum Gasteiger partial charge on any atom is 0.250 e. The first-order chi connectivity index (χ1) is 3.79. The molecule has 1 atom stereocenters. The maximum absolute atomic E-state index is 4.78. The Balaban J connectivity index is 2.10. The molecule has 0 N–H and O–H groups in total. The third kappa shape index (κ3) is 1.93. The third-order valence-electron chi connectivity index (χ3n) is 0.656. The Morgan fingerprint density at radius 1 is 1.75 bits per heavy atom. The Hall–Kier alpha value is -0.570. The van der Waals surface area contributed by atoms with Crippen LogP contribution in [0.3, 0.4) is 0 Å². The lowest BCUT2D eigenvalue weighted by atomic mass is 10.5. The molecule has 0 spiro atoms. The van der Waals surface area contributed by atoms with Crippen LogP contribution in [0.5, 0.6) is 0 Å². The summed E-state index contributed by atoms with van der Waals surface area (Å²) >= 11 is 0. The average molecular weight is 115 g/mol. The van der Waals surface area contributed by atoms with Crippen LogP contribution in [0.1, 0.15) is 13.8 Å². The summed E-state index contributed by atoms with van der Waals surface area (Å²) in [6.07, 6.45) is -0.0510. The fourth-order valence-electron chi connectivity index (χ4n) is 0.264. The number of hydrogen-bond donors (Lipinski definition) is 0. The van der Waals surface area contributed by atoms with E-state index in [1.807, 2.05) is 13.8 Å². The van der Waals surface area contributed by atoms with Gasteiger partial charge in [-0.3, -0.25) is 0 Å². The van der Waals surface area contributed by atoms with Crippen LogP contribution in [0.15, 0.2) is 5.16 Å². The molecule has 1 fully saturated rings. The van der Waals surface area contributed by atoms with Gasteiger partial charge in [-0.05, 0) is 13.8 Å². The first-order valence-corrected chi connectivity index (χ1v) is 2.57. The Morgan fingerprint density at radius 3 is 2.75 bits per heavy atom. The normalized spacial score (nSPS) is 24.5. The van der Waals surface area contributed by atoms with E-state index < -0.39 is 0 Å². The van der Waals surface area contributed by atoms with Gasteiger partial charge in [0.25, 0.3) is 6.29 Å². The van der Waals surface area contributed by atoms with Crippen LogP contribution in [-0.4, -0.2) is 18.6 Å². The van der Waals surface area contributed by atoms with Gasteiger partial charge in [0, 0.05) is 0 Å². The molecular weight excluding hydrogens is 106 g/mol. The van der Waals surface area contributed by atoms with Crippen molar-refractivity contribution >= 4 is 5.71 Å². The van der Waals surface area contributed by atoms with Gasteiger partial charge in [-0.1, -0.05) is 5.16 Å². The highest BCUT2D eigenvalue weighted by Crippen LogP contribution is 2.09. The topological polar surface area (TPSA) is 34.1 Å². The van der Waals surface area contributed by atoms with E-state index in [4.69, 9.17) is 9.57 Å². The van der Waals surface area contributed by atoms with E-state index in [-0.39, 0.29) is 6.29 Å². The fourth-order valence-corrected chi connectivity index (χ4v) is 0.264. The van der Waals surface area contributed by atoms with Gasteiger partial charge < -0.3 is 9.57 Å². The van der Waals surface area contributed by atoms with E-state index >= 15 is 0 Å². The molecule has 0 radical (unpaired) electrons. The zero-order valence-corrected chi connectivity index (χ0v) is 5.05. The molecule has 8 heavy (non-hydrogen) atoms. The van der Waals surface area contributed by atoms with Crippen molar-refractivity contribution in [3.63, 3.8) is 0 Å². The van der Waals surface area contributed by atoms with Gasteiger partial charge >= 0.3 is 0 Å². The molecule has 1 rings (SSSR count). The summed E-state index contributed by atoms with van der Waals surface area (Å²) in [6.45, 7) is 4.45. The first-order valence-electron chi connectivity index (χ1n) is 2.57. The van der Waals surface area contributed by atoms with Crippen molar-refractivity contribution in [3.05, 3.63) is 0 Å². The minimum atomic E-state index is -0.0510. The Labute approximate surface area is 48.3 Å². The Kier molecular flexibility index (Phi) is 1.48. The molecule has 3 heteroatoms. The number of epoxide rings is 1. The summed E-state index contributed by atoms with van der Waals surface area (Å²) in [4.78, 5) is 4.78. The second-order valence-electron chi connectivity index (χ2n) is 1.91. The monoisotopic (exact) mass is 115 g/mol. The lowest BCUT2D eigenvalue weighted by Gasteiger charge is -1.89. The lowest BCUT2D eigenvalue weighted by molar-refractivity contribution is 0.0553. The zero-order chi connectivity index (χ0) is 5.98. The highest BCUT2D eigenvalue weighted by Gasteiger charge is 2.24. The second-order valence-corrected chi connectivity index (χ2v) is 1.91. The number of hydrogen-bond acceptors (Lipinski definition) is 3. The van der Waals surface area contributed by atoms with Gasteiger partial charge in [-0.15, -0.1) is 0 Å². The van der Waals surface area contributed by atoms with E-state index in [9.17, 15) is 0 Å². The SMILES string of the molecule is CC(C)=NOC1CO1. The molecular formula is C5H9NO2. The molecule has 0 saturated carbocycles. The van der Waals surface area contributed by atoms with Crippen LogP contribution >= 0.6 is 0 Å². The van der Waals surface area contributed by atoms with Crippen molar-refractivity contribution in [1.82, 2.24) is 0 Å². The molecule has 0 aromatic heterocycles. The van der Waals surface area contributed by atoms with Gasteiger partial charge in [0.2, 0.25) is 0 Å². The minimum Gasteiger partial charge on any atom is -0.361 e. The highest BCUT2D eigenvalue weighted by atomic mass is 16.8. The molecule has 0 amide bonds. The van der Waals surface area contributed by atoms with E-state index in [0.29, 0.717) is 6.61 Å². The van der Waals surface area contributed by atoms with Crippen LogP contribution < -0.4 is 0 Å². The maximum atomic E-state index is 4.78. The summed E-state index contributed by atoms with van der Waals surface area (Å²) in [5.74, 6) is 0. The van der Waals surface area contributed by atoms with E-state index in [0.717, 1.165) is 5.71 Å². The van der Waals surface area contributed by atoms with Crippen LogP contribution in [0, 0.1) is 0 Å². The van der Waals surface area contributed by atoms with Crippen molar-refractivity contribution in [2.24, 2.45) is 5.16 Å². The highest BCUT2D eigenvalue weighted by molar-refractivity contribution is 5.78. The smallest absolute Gasteiger partial charge is 0.250 e. The molecule has 1 heterocycles. The lowest BCUT2D eigenvalue weighted by Crippen LogP contribution is -1.89. The van der Waals surface area contributed by atoms with Gasteiger partial charge in [-0.2, -0.15) is 0 Å². The van der Waals surface area contributed by atoms with Crippen molar-refractivity contribution in [2.45, 2.75) is 20.1 Å². The van der Waals surface area contributed by atoms with Crippen molar-refractivity contribution in [1.29, 1.82) is 0 Å². The van der Waals surface area contributed by atoms with Crippen molar-refractivity contribution in [2.75, 3.05) is 6.61 Å². The molecule has 0 aromatic rings. The summed E-state index contributed by atoms with van der Waals surface area (Å²) in [7, 11) is 0. The molecule has 1 unspecified atom stereocenters. The van der Waals surface area contributed by atoms with Gasteiger partial charge in [0.05, 0.1) is 5.71 Å². The predicted octanol–water partition coefficient (Wildman–Crippen LogP) is 0.755. The third-order valence-corrected chi connectivity index (χ3v) is 0.656. The van der Waals surface area contributed by atoms with E-state index in [2.05, 4.69) is 5.16 Å². The summed E-state index contributed by atoms with van der Waals surface area (Å²) in [6, 6.07) is 0. The summed E-state index contributed by atoms with van der Waals surface area (Å²) in [5, 5.41) is 3.68. The zero-order valence-electron chi connectivity index (χ0n) is 5.05. The Bertz CT molecular complexity index is 103. The molecule has 0 bridgehead atoms. The minimum absolute atomic E-state index is 0.0510. The van der Waals surface area contributed by atoms with E-state index in [1.165, 1.54) is 0 Å².